The first-order chi connectivity index (χ1) is 9.77. The van der Waals surface area contributed by atoms with Crippen LogP contribution in [0.1, 0.15) is 61.3 Å². The third-order valence-electron chi connectivity index (χ3n) is 2.48. The first-order valence-corrected chi connectivity index (χ1v) is 8.00. The van der Waals surface area contributed by atoms with Crippen molar-refractivity contribution in [3.05, 3.63) is 36.5 Å². The van der Waals surface area contributed by atoms with Crippen LogP contribution in [0, 0.1) is 5.92 Å². The molecule has 0 aromatic carbocycles. The normalized spacial score (nSPS) is 17.4. The Morgan fingerprint density at radius 3 is 2.15 bits per heavy atom. The highest BCUT2D eigenvalue weighted by molar-refractivity contribution is 5.77. The van der Waals surface area contributed by atoms with Crippen LogP contribution in [0.15, 0.2) is 36.5 Å². The van der Waals surface area contributed by atoms with E-state index in [0.29, 0.717) is 12.3 Å². The van der Waals surface area contributed by atoms with Gasteiger partial charge in [0.2, 0.25) is 5.91 Å². The number of rotatable bonds is 3. The predicted octanol–water partition coefficient (Wildman–Crippen LogP) is 5.28. The fourth-order valence-corrected chi connectivity index (χ4v) is 1.72. The highest BCUT2D eigenvalue weighted by atomic mass is 16.1. The first-order valence-electron chi connectivity index (χ1n) is 8.00. The van der Waals surface area contributed by atoms with Gasteiger partial charge in [-0.2, -0.15) is 0 Å². The van der Waals surface area contributed by atoms with Gasteiger partial charge in [-0.3, -0.25) is 4.79 Å². The van der Waals surface area contributed by atoms with Crippen LogP contribution in [0.5, 0.6) is 0 Å². The summed E-state index contributed by atoms with van der Waals surface area (Å²) in [6, 6.07) is 0. The van der Waals surface area contributed by atoms with Crippen LogP contribution >= 0.6 is 0 Å². The highest BCUT2D eigenvalue weighted by Crippen LogP contribution is 2.22. The molecule has 0 saturated carbocycles. The quantitative estimate of drug-likeness (QED) is 0.701. The van der Waals surface area contributed by atoms with Gasteiger partial charge in [0, 0.05) is 13.0 Å². The number of amides is 1. The molecule has 118 valence electrons. The molecule has 1 amide bonds. The van der Waals surface area contributed by atoms with E-state index in [1.807, 2.05) is 60.6 Å². The molecule has 20 heavy (non-hydrogen) atoms. The van der Waals surface area contributed by atoms with Crippen LogP contribution in [0.25, 0.3) is 0 Å². The molecule has 1 N–H and O–H groups in total. The van der Waals surface area contributed by atoms with Gasteiger partial charge in [-0.15, -0.1) is 0 Å². The second-order valence-corrected chi connectivity index (χ2v) is 3.42. The molecule has 0 radical (unpaired) electrons. The van der Waals surface area contributed by atoms with Gasteiger partial charge in [-0.1, -0.05) is 72.4 Å². The highest BCUT2D eigenvalue weighted by Gasteiger charge is 2.20. The molecule has 2 heteroatoms. The second kappa shape index (κ2) is 20.0. The third kappa shape index (κ3) is 11.8. The number of piperidine rings is 1. The van der Waals surface area contributed by atoms with E-state index in [1.165, 1.54) is 5.57 Å². The lowest BCUT2D eigenvalue weighted by Gasteiger charge is -2.22. The smallest absolute Gasteiger partial charge is 0.220 e. The van der Waals surface area contributed by atoms with Crippen LogP contribution in [-0.2, 0) is 4.79 Å². The number of allylic oxidation sites excluding steroid dienone is 5. The minimum Gasteiger partial charge on any atom is -0.356 e. The molecule has 0 bridgehead atoms. The van der Waals surface area contributed by atoms with Crippen molar-refractivity contribution in [1.29, 1.82) is 0 Å². The van der Waals surface area contributed by atoms with Crippen LogP contribution in [-0.4, -0.2) is 12.5 Å². The minimum atomic E-state index is 0.160. The molecule has 1 aliphatic heterocycles. The molecule has 1 aliphatic rings. The zero-order valence-corrected chi connectivity index (χ0v) is 14.6. The van der Waals surface area contributed by atoms with Gasteiger partial charge in [-0.05, 0) is 24.8 Å². The molecule has 1 saturated heterocycles. The largest absolute Gasteiger partial charge is 0.356 e. The van der Waals surface area contributed by atoms with E-state index in [-0.39, 0.29) is 5.91 Å². The van der Waals surface area contributed by atoms with Gasteiger partial charge in [-0.25, -0.2) is 0 Å². The Hall–Kier alpha value is -1.31. The molecule has 0 aromatic rings. The standard InChI is InChI=1S/C12H17NO.3C2H6/c1-3-5-6-10(4-2)11-7-8-13-12(14)9-11;3*1-2/h3-6,11H,1,7-9H2,2H3,(H,13,14);3*1-2H3/b6-5-,10-4+;;;. The molecule has 1 unspecified atom stereocenters. The maximum atomic E-state index is 11.2. The van der Waals surface area contributed by atoms with Crippen molar-refractivity contribution in [2.45, 2.75) is 61.3 Å². The summed E-state index contributed by atoms with van der Waals surface area (Å²) in [6.45, 7) is 18.4. The van der Waals surface area contributed by atoms with Crippen LogP contribution < -0.4 is 5.32 Å². The summed E-state index contributed by atoms with van der Waals surface area (Å²) in [6.07, 6.45) is 9.43. The molecule has 0 spiro atoms. The second-order valence-electron chi connectivity index (χ2n) is 3.42. The lowest BCUT2D eigenvalue weighted by molar-refractivity contribution is -0.123. The third-order valence-corrected chi connectivity index (χ3v) is 2.48. The molecule has 0 aliphatic carbocycles. The number of carbonyl (C=O) groups excluding carboxylic acids is 1. The van der Waals surface area contributed by atoms with E-state index in [1.54, 1.807) is 6.08 Å². The van der Waals surface area contributed by atoms with E-state index in [0.717, 1.165) is 13.0 Å². The van der Waals surface area contributed by atoms with Crippen molar-refractivity contribution in [3.8, 4) is 0 Å². The maximum absolute atomic E-state index is 11.2. The van der Waals surface area contributed by atoms with Crippen LogP contribution in [0.3, 0.4) is 0 Å². The minimum absolute atomic E-state index is 0.160. The van der Waals surface area contributed by atoms with E-state index in [9.17, 15) is 4.79 Å². The van der Waals surface area contributed by atoms with Gasteiger partial charge in [0.05, 0.1) is 0 Å². The van der Waals surface area contributed by atoms with Crippen molar-refractivity contribution in [2.24, 2.45) is 5.92 Å². The molecule has 2 nitrogen and oxygen atoms in total. The summed E-state index contributed by atoms with van der Waals surface area (Å²) >= 11 is 0. The molecule has 0 aromatic heterocycles. The summed E-state index contributed by atoms with van der Waals surface area (Å²) in [5.41, 5.74) is 1.24. The summed E-state index contributed by atoms with van der Waals surface area (Å²) in [4.78, 5) is 11.2. The average molecular weight is 281 g/mol. The lowest BCUT2D eigenvalue weighted by Crippen LogP contribution is -2.33. The van der Waals surface area contributed by atoms with Gasteiger partial charge in [0.1, 0.15) is 0 Å². The Morgan fingerprint density at radius 2 is 1.75 bits per heavy atom. The number of hydrogen-bond donors (Lipinski definition) is 1. The predicted molar refractivity (Wildman–Crippen MR) is 92.9 cm³/mol. The zero-order valence-electron chi connectivity index (χ0n) is 14.6. The topological polar surface area (TPSA) is 29.1 Å². The number of hydrogen-bond acceptors (Lipinski definition) is 1. The summed E-state index contributed by atoms with van der Waals surface area (Å²) in [7, 11) is 0. The summed E-state index contributed by atoms with van der Waals surface area (Å²) in [5, 5.41) is 2.84. The zero-order chi connectivity index (χ0) is 16.4. The van der Waals surface area contributed by atoms with Crippen LogP contribution in [0.4, 0.5) is 0 Å². The Bertz CT molecular complexity index is 277. The Morgan fingerprint density at radius 1 is 1.20 bits per heavy atom. The number of nitrogens with one attached hydrogen (secondary N) is 1. The molecular weight excluding hydrogens is 246 g/mol. The van der Waals surface area contributed by atoms with Gasteiger partial charge in [0.15, 0.2) is 0 Å². The summed E-state index contributed by atoms with van der Waals surface area (Å²) < 4.78 is 0. The van der Waals surface area contributed by atoms with Crippen molar-refractivity contribution in [3.63, 3.8) is 0 Å². The van der Waals surface area contributed by atoms with Crippen molar-refractivity contribution < 1.29 is 4.79 Å². The number of carbonyl (C=O) groups is 1. The van der Waals surface area contributed by atoms with E-state index in [4.69, 9.17) is 0 Å². The Labute approximate surface area is 127 Å². The average Bonchev–Trinajstić information content (AvgIpc) is 2.54. The molecular formula is C18H35NO. The Kier molecular flexibility index (Phi) is 23.8. The molecule has 1 atom stereocenters. The van der Waals surface area contributed by atoms with Crippen molar-refractivity contribution in [1.82, 2.24) is 5.32 Å². The molecule has 1 fully saturated rings. The maximum Gasteiger partial charge on any atom is 0.220 e. The first kappa shape index (κ1) is 23.8. The molecule has 1 heterocycles. The van der Waals surface area contributed by atoms with Crippen molar-refractivity contribution >= 4 is 5.91 Å². The van der Waals surface area contributed by atoms with E-state index < -0.39 is 0 Å². The van der Waals surface area contributed by atoms with E-state index >= 15 is 0 Å². The fraction of sp³-hybridized carbons (Fsp3) is 0.611. The fourth-order valence-electron chi connectivity index (χ4n) is 1.72. The Balaban J connectivity index is -0.000000425. The molecule has 1 rings (SSSR count). The van der Waals surface area contributed by atoms with Gasteiger partial charge >= 0.3 is 0 Å². The summed E-state index contributed by atoms with van der Waals surface area (Å²) in [5.74, 6) is 0.539. The monoisotopic (exact) mass is 281 g/mol. The van der Waals surface area contributed by atoms with Crippen molar-refractivity contribution in [2.75, 3.05) is 6.54 Å². The van der Waals surface area contributed by atoms with Crippen LogP contribution in [0.2, 0.25) is 0 Å². The SMILES string of the molecule is C=C/C=C\C(=C/C)C1CCNC(=O)C1.CC.CC.CC. The van der Waals surface area contributed by atoms with E-state index in [2.05, 4.69) is 18.0 Å². The van der Waals surface area contributed by atoms with Gasteiger partial charge < -0.3 is 5.32 Å². The van der Waals surface area contributed by atoms with Gasteiger partial charge in [0.25, 0.3) is 0 Å². The lowest BCUT2D eigenvalue weighted by atomic mass is 9.89.